The van der Waals surface area contributed by atoms with Gasteiger partial charge in [-0.3, -0.25) is 9.59 Å². The number of rotatable bonds is 8. The van der Waals surface area contributed by atoms with Crippen LogP contribution in [-0.4, -0.2) is 55.0 Å². The molecule has 1 aromatic heterocycles. The summed E-state index contributed by atoms with van der Waals surface area (Å²) < 4.78 is 5.29. The fraction of sp³-hybridized carbons (Fsp3) is 0.375. The Morgan fingerprint density at radius 3 is 2.42 bits per heavy atom. The number of hydrogen-bond donors (Lipinski definition) is 2. The van der Waals surface area contributed by atoms with Gasteiger partial charge in [0.05, 0.1) is 44.9 Å². The summed E-state index contributed by atoms with van der Waals surface area (Å²) in [7, 11) is 1.58. The number of ketones is 1. The second-order valence-corrected chi connectivity index (χ2v) is 7.72. The van der Waals surface area contributed by atoms with E-state index in [0.717, 1.165) is 30.8 Å². The normalized spacial score (nSPS) is 18.1. The van der Waals surface area contributed by atoms with Crippen molar-refractivity contribution in [2.24, 2.45) is 0 Å². The maximum absolute atomic E-state index is 13.1. The fourth-order valence-corrected chi connectivity index (χ4v) is 4.10. The molecule has 3 N–H and O–H groups in total. The standard InChI is InChI=1S/C24H29N3O4/c1-5-26(6-2)13-14-27-21(17-9-11-25-12-10-17)20(23(29)24(27)30)22(28)18-7-8-19(31-4)16(3)15-18/h7-12,15,21,28H,5-6,13-14H2,1-4H3/p+2. The number of carbonyl (C=O) groups excluding carboxylic acids is 2. The maximum atomic E-state index is 13.1. The lowest BCUT2D eigenvalue weighted by Crippen LogP contribution is -3.12. The summed E-state index contributed by atoms with van der Waals surface area (Å²) in [6, 6.07) is 8.24. The number of quaternary nitrogens is 1. The van der Waals surface area contributed by atoms with Crippen LogP contribution < -0.4 is 14.6 Å². The van der Waals surface area contributed by atoms with Crippen molar-refractivity contribution < 1.29 is 29.3 Å². The molecule has 7 nitrogen and oxygen atoms in total. The summed E-state index contributed by atoms with van der Waals surface area (Å²) in [6.07, 6.45) is 3.51. The van der Waals surface area contributed by atoms with Gasteiger partial charge in [0, 0.05) is 17.7 Å². The highest BCUT2D eigenvalue weighted by Crippen LogP contribution is 2.39. The van der Waals surface area contributed by atoms with E-state index in [9.17, 15) is 14.7 Å². The number of likely N-dealkylation sites (tertiary alicyclic amines) is 1. The molecule has 0 radical (unpaired) electrons. The van der Waals surface area contributed by atoms with Crippen LogP contribution in [0.2, 0.25) is 0 Å². The first-order valence-corrected chi connectivity index (χ1v) is 10.7. The van der Waals surface area contributed by atoms with Crippen molar-refractivity contribution in [3.63, 3.8) is 0 Å². The molecule has 1 unspecified atom stereocenters. The van der Waals surface area contributed by atoms with E-state index < -0.39 is 17.7 Å². The summed E-state index contributed by atoms with van der Waals surface area (Å²) in [5.74, 6) is -0.705. The number of amides is 1. The third kappa shape index (κ3) is 4.46. The van der Waals surface area contributed by atoms with Crippen molar-refractivity contribution in [3.05, 3.63) is 65.0 Å². The number of aromatic nitrogens is 1. The predicted octanol–water partition coefficient (Wildman–Crippen LogP) is 1.16. The Kier molecular flexibility index (Phi) is 7.07. The van der Waals surface area contributed by atoms with Crippen LogP contribution in [0.1, 0.15) is 36.6 Å². The first-order chi connectivity index (χ1) is 14.9. The van der Waals surface area contributed by atoms with Crippen LogP contribution in [0.25, 0.3) is 5.76 Å². The maximum Gasteiger partial charge on any atom is 0.295 e. The van der Waals surface area contributed by atoms with Crippen molar-refractivity contribution in [3.8, 4) is 5.75 Å². The highest BCUT2D eigenvalue weighted by molar-refractivity contribution is 6.46. The third-order valence-corrected chi connectivity index (χ3v) is 5.97. The molecule has 1 saturated heterocycles. The Morgan fingerprint density at radius 1 is 1.16 bits per heavy atom. The largest absolute Gasteiger partial charge is 0.507 e. The molecule has 1 fully saturated rings. The van der Waals surface area contributed by atoms with E-state index >= 15 is 0 Å². The SMILES string of the molecule is CC[NH+](CC)CCN1C(=O)C(=O)C(=C(O)c2ccc(OC)c(C)c2)C1c1cc[nH+]cc1. The quantitative estimate of drug-likeness (QED) is 0.378. The molecule has 0 spiro atoms. The highest BCUT2D eigenvalue weighted by Gasteiger charge is 2.46. The second kappa shape index (κ2) is 9.75. The van der Waals surface area contributed by atoms with E-state index in [1.807, 2.05) is 19.1 Å². The molecule has 2 aromatic rings. The van der Waals surface area contributed by atoms with Gasteiger partial charge in [0.1, 0.15) is 11.5 Å². The van der Waals surface area contributed by atoms with Gasteiger partial charge < -0.3 is 19.6 Å². The molecule has 3 rings (SSSR count). The Balaban J connectivity index is 2.08. The first kappa shape index (κ1) is 22.5. The molecule has 1 atom stereocenters. The van der Waals surface area contributed by atoms with Crippen molar-refractivity contribution in [2.75, 3.05) is 33.3 Å². The minimum absolute atomic E-state index is 0.121. The van der Waals surface area contributed by atoms with Crippen LogP contribution >= 0.6 is 0 Å². The number of likely N-dealkylation sites (N-methyl/N-ethyl adjacent to an activating group) is 1. The van der Waals surface area contributed by atoms with Crippen molar-refractivity contribution >= 4 is 17.4 Å². The molecule has 7 heteroatoms. The van der Waals surface area contributed by atoms with E-state index in [1.165, 1.54) is 4.90 Å². The lowest BCUT2D eigenvalue weighted by atomic mass is 9.95. The molecule has 1 amide bonds. The van der Waals surface area contributed by atoms with E-state index in [2.05, 4.69) is 18.8 Å². The number of nitrogens with one attached hydrogen (secondary N) is 2. The Hall–Kier alpha value is -3.19. The third-order valence-electron chi connectivity index (χ3n) is 5.97. The summed E-state index contributed by atoms with van der Waals surface area (Å²) in [4.78, 5) is 31.9. The summed E-state index contributed by atoms with van der Waals surface area (Å²) >= 11 is 0. The summed E-state index contributed by atoms with van der Waals surface area (Å²) in [6.45, 7) is 9.12. The molecule has 0 saturated carbocycles. The topological polar surface area (TPSA) is 85.4 Å². The van der Waals surface area contributed by atoms with Crippen molar-refractivity contribution in [2.45, 2.75) is 26.8 Å². The van der Waals surface area contributed by atoms with Gasteiger partial charge in [-0.2, -0.15) is 0 Å². The second-order valence-electron chi connectivity index (χ2n) is 7.72. The zero-order valence-electron chi connectivity index (χ0n) is 18.6. The number of H-pyrrole nitrogens is 1. The molecule has 164 valence electrons. The van der Waals surface area contributed by atoms with E-state index in [-0.39, 0.29) is 11.3 Å². The Morgan fingerprint density at radius 2 is 1.84 bits per heavy atom. The number of aromatic amines is 1. The lowest BCUT2D eigenvalue weighted by Gasteiger charge is -2.26. The number of benzene rings is 1. The number of ether oxygens (including phenoxy) is 1. The van der Waals surface area contributed by atoms with E-state index in [4.69, 9.17) is 4.74 Å². The number of aryl methyl sites for hydroxylation is 1. The number of Topliss-reactive ketones (excluding diaryl/α,β-unsaturated/α-hetero) is 1. The van der Waals surface area contributed by atoms with Crippen LogP contribution in [-0.2, 0) is 9.59 Å². The predicted molar refractivity (Wildman–Crippen MR) is 117 cm³/mol. The van der Waals surface area contributed by atoms with Gasteiger partial charge in [-0.15, -0.1) is 0 Å². The minimum Gasteiger partial charge on any atom is -0.507 e. The van der Waals surface area contributed by atoms with Crippen LogP contribution in [0.4, 0.5) is 0 Å². The van der Waals surface area contributed by atoms with Gasteiger partial charge in [0.15, 0.2) is 12.4 Å². The van der Waals surface area contributed by atoms with Crippen LogP contribution in [0, 0.1) is 6.92 Å². The molecule has 1 aliphatic heterocycles. The average Bonchev–Trinajstić information content (AvgIpc) is 3.04. The molecule has 31 heavy (non-hydrogen) atoms. The van der Waals surface area contributed by atoms with Gasteiger partial charge in [-0.05, 0) is 50.1 Å². The fourth-order valence-electron chi connectivity index (χ4n) is 4.10. The number of aliphatic hydroxyl groups excluding tert-OH is 1. The van der Waals surface area contributed by atoms with Crippen molar-refractivity contribution in [1.82, 2.24) is 4.90 Å². The van der Waals surface area contributed by atoms with Crippen LogP contribution in [0.15, 0.2) is 48.3 Å². The molecule has 0 bridgehead atoms. The summed E-state index contributed by atoms with van der Waals surface area (Å²) in [5, 5.41) is 11.1. The number of pyridine rings is 1. The molecule has 0 aliphatic carbocycles. The van der Waals surface area contributed by atoms with Gasteiger partial charge in [-0.1, -0.05) is 0 Å². The number of methoxy groups -OCH3 is 1. The van der Waals surface area contributed by atoms with Gasteiger partial charge >= 0.3 is 0 Å². The molecular weight excluding hydrogens is 394 g/mol. The number of aliphatic hydroxyl groups is 1. The van der Waals surface area contributed by atoms with E-state index in [1.54, 1.807) is 42.6 Å². The summed E-state index contributed by atoms with van der Waals surface area (Å²) in [5.41, 5.74) is 2.21. The number of nitrogens with zero attached hydrogens (tertiary/aromatic N) is 1. The Bertz CT molecular complexity index is 984. The van der Waals surface area contributed by atoms with Gasteiger partial charge in [-0.25, -0.2) is 4.98 Å². The lowest BCUT2D eigenvalue weighted by molar-refractivity contribution is -0.895. The number of hydrogen-bond acceptors (Lipinski definition) is 4. The Labute approximate surface area is 183 Å². The first-order valence-electron chi connectivity index (χ1n) is 10.7. The molecule has 1 aromatic carbocycles. The zero-order chi connectivity index (χ0) is 22.5. The van der Waals surface area contributed by atoms with Gasteiger partial charge in [0.2, 0.25) is 0 Å². The average molecular weight is 426 g/mol. The van der Waals surface area contributed by atoms with Crippen molar-refractivity contribution in [1.29, 1.82) is 0 Å². The highest BCUT2D eigenvalue weighted by atomic mass is 16.5. The van der Waals surface area contributed by atoms with Crippen LogP contribution in [0.5, 0.6) is 5.75 Å². The smallest absolute Gasteiger partial charge is 0.295 e. The molecule has 1 aliphatic rings. The monoisotopic (exact) mass is 425 g/mol. The molecule has 2 heterocycles. The van der Waals surface area contributed by atoms with Gasteiger partial charge in [0.25, 0.3) is 11.7 Å². The molecular formula is C24H31N3O4+2. The zero-order valence-corrected chi connectivity index (χ0v) is 18.6. The number of carbonyl (C=O) groups is 2. The van der Waals surface area contributed by atoms with Crippen LogP contribution in [0.3, 0.4) is 0 Å². The minimum atomic E-state index is -0.654. The van der Waals surface area contributed by atoms with E-state index in [0.29, 0.717) is 17.9 Å².